The summed E-state index contributed by atoms with van der Waals surface area (Å²) in [6.45, 7) is 14.2. The molecule has 0 aromatic heterocycles. The van der Waals surface area contributed by atoms with Crippen LogP contribution >= 0.6 is 0 Å². The molecule has 0 aliphatic rings. The summed E-state index contributed by atoms with van der Waals surface area (Å²) in [4.78, 5) is 0. The average molecular weight is 291 g/mol. The molecule has 0 N–H and O–H groups in total. The number of unbranched alkanes of at least 4 members (excludes halogenated alkanes) is 5. The molecule has 0 radical (unpaired) electrons. The van der Waals surface area contributed by atoms with Crippen molar-refractivity contribution in [2.24, 2.45) is 0 Å². The largest absolute Gasteiger partial charge is 0.0809 e. The summed E-state index contributed by atoms with van der Waals surface area (Å²) in [7, 11) is -1.25. The van der Waals surface area contributed by atoms with Crippen molar-refractivity contribution in [1.82, 2.24) is 0 Å². The number of hydrogen-bond acceptors (Lipinski definition) is 0. The van der Waals surface area contributed by atoms with Crippen LogP contribution in [0.2, 0.25) is 19.1 Å². The van der Waals surface area contributed by atoms with Gasteiger partial charge in [0.2, 0.25) is 0 Å². The highest BCUT2D eigenvalue weighted by Gasteiger charge is 2.24. The Hall–Kier alpha value is -0.563. The van der Waals surface area contributed by atoms with Crippen molar-refractivity contribution in [1.29, 1.82) is 0 Å². The third kappa shape index (κ3) is 5.09. The zero-order chi connectivity index (χ0) is 15.2. The summed E-state index contributed by atoms with van der Waals surface area (Å²) in [5, 5.41) is 1.69. The Morgan fingerprint density at radius 2 is 1.30 bits per heavy atom. The molecule has 114 valence electrons. The van der Waals surface area contributed by atoms with Gasteiger partial charge < -0.3 is 0 Å². The van der Waals surface area contributed by atoms with Crippen molar-refractivity contribution in [3.8, 4) is 0 Å². The quantitative estimate of drug-likeness (QED) is 0.414. The zero-order valence-electron chi connectivity index (χ0n) is 14.6. The molecular formula is C19H34Si. The molecular weight excluding hydrogens is 256 g/mol. The van der Waals surface area contributed by atoms with Crippen LogP contribution in [-0.2, 0) is 0 Å². The SMILES string of the molecule is CCCCCCCC[Si](C)(C)c1cc(C)c(C)cc1C. The van der Waals surface area contributed by atoms with E-state index in [1.54, 1.807) is 5.19 Å². The Morgan fingerprint density at radius 1 is 0.750 bits per heavy atom. The smallest absolute Gasteiger partial charge is 0.0654 e. The van der Waals surface area contributed by atoms with E-state index in [2.05, 4.69) is 52.9 Å². The van der Waals surface area contributed by atoms with E-state index in [1.165, 1.54) is 61.3 Å². The van der Waals surface area contributed by atoms with Crippen LogP contribution in [0.15, 0.2) is 12.1 Å². The van der Waals surface area contributed by atoms with E-state index in [0.29, 0.717) is 0 Å². The first-order chi connectivity index (χ1) is 9.38. The molecule has 0 atom stereocenters. The third-order valence-electron chi connectivity index (χ3n) is 4.73. The van der Waals surface area contributed by atoms with E-state index in [9.17, 15) is 0 Å². The molecule has 0 spiro atoms. The standard InChI is InChI=1S/C19H34Si/c1-7-8-9-10-11-12-13-20(5,6)19-15-17(3)16(2)14-18(19)4/h14-15H,7-13H2,1-6H3. The van der Waals surface area contributed by atoms with E-state index in [1.807, 2.05) is 0 Å². The average Bonchev–Trinajstić information content (AvgIpc) is 2.37. The first-order valence-corrected chi connectivity index (χ1v) is 11.7. The molecule has 1 aromatic carbocycles. The fourth-order valence-electron chi connectivity index (χ4n) is 3.17. The maximum Gasteiger partial charge on any atom is 0.0809 e. The summed E-state index contributed by atoms with van der Waals surface area (Å²) < 4.78 is 0. The minimum absolute atomic E-state index is 1.25. The fourth-order valence-corrected chi connectivity index (χ4v) is 6.32. The molecule has 0 heterocycles. The van der Waals surface area contributed by atoms with E-state index in [0.717, 1.165) is 0 Å². The van der Waals surface area contributed by atoms with Crippen LogP contribution in [0.1, 0.15) is 62.1 Å². The van der Waals surface area contributed by atoms with Gasteiger partial charge in [-0.3, -0.25) is 0 Å². The first kappa shape index (κ1) is 17.5. The van der Waals surface area contributed by atoms with Crippen LogP contribution < -0.4 is 5.19 Å². The van der Waals surface area contributed by atoms with Gasteiger partial charge in [-0.25, -0.2) is 0 Å². The minimum atomic E-state index is -1.25. The molecule has 1 aromatic rings. The maximum absolute atomic E-state index is 2.55. The molecule has 20 heavy (non-hydrogen) atoms. The molecule has 0 aliphatic carbocycles. The first-order valence-electron chi connectivity index (χ1n) is 8.47. The Bertz CT molecular complexity index is 418. The van der Waals surface area contributed by atoms with Crippen molar-refractivity contribution in [3.05, 3.63) is 28.8 Å². The lowest BCUT2D eigenvalue weighted by atomic mass is 10.1. The van der Waals surface area contributed by atoms with Crippen LogP contribution in [0.4, 0.5) is 0 Å². The molecule has 0 bridgehead atoms. The van der Waals surface area contributed by atoms with Gasteiger partial charge >= 0.3 is 0 Å². The van der Waals surface area contributed by atoms with Crippen molar-refractivity contribution >= 4 is 13.3 Å². The third-order valence-corrected chi connectivity index (χ3v) is 8.33. The summed E-state index contributed by atoms with van der Waals surface area (Å²) >= 11 is 0. The topological polar surface area (TPSA) is 0 Å². The summed E-state index contributed by atoms with van der Waals surface area (Å²) in [5.74, 6) is 0. The van der Waals surface area contributed by atoms with Crippen molar-refractivity contribution in [2.75, 3.05) is 0 Å². The van der Waals surface area contributed by atoms with Crippen LogP contribution in [0.3, 0.4) is 0 Å². The van der Waals surface area contributed by atoms with Crippen molar-refractivity contribution in [3.63, 3.8) is 0 Å². The van der Waals surface area contributed by atoms with Gasteiger partial charge in [-0.15, -0.1) is 0 Å². The number of benzene rings is 1. The lowest BCUT2D eigenvalue weighted by Gasteiger charge is -2.26. The van der Waals surface area contributed by atoms with Crippen molar-refractivity contribution in [2.45, 2.75) is 85.4 Å². The van der Waals surface area contributed by atoms with Crippen LogP contribution in [0, 0.1) is 20.8 Å². The normalized spacial score (nSPS) is 11.9. The van der Waals surface area contributed by atoms with E-state index in [4.69, 9.17) is 0 Å². The van der Waals surface area contributed by atoms with Crippen molar-refractivity contribution < 1.29 is 0 Å². The van der Waals surface area contributed by atoms with Gasteiger partial charge in [-0.05, 0) is 31.9 Å². The second-order valence-electron chi connectivity index (χ2n) is 7.15. The van der Waals surface area contributed by atoms with E-state index >= 15 is 0 Å². The van der Waals surface area contributed by atoms with Crippen LogP contribution in [0.5, 0.6) is 0 Å². The molecule has 0 saturated carbocycles. The van der Waals surface area contributed by atoms with Gasteiger partial charge in [-0.1, -0.05) is 87.5 Å². The Morgan fingerprint density at radius 3 is 1.95 bits per heavy atom. The molecule has 1 heteroatoms. The molecule has 0 fully saturated rings. The Kier molecular flexibility index (Phi) is 7.01. The predicted molar refractivity (Wildman–Crippen MR) is 96.0 cm³/mol. The molecule has 0 saturated heterocycles. The molecule has 0 unspecified atom stereocenters. The molecule has 0 nitrogen and oxygen atoms in total. The predicted octanol–water partition coefficient (Wildman–Crippen LogP) is 5.89. The highest BCUT2D eigenvalue weighted by Crippen LogP contribution is 2.19. The minimum Gasteiger partial charge on any atom is -0.0654 e. The van der Waals surface area contributed by atoms with Gasteiger partial charge in [0.15, 0.2) is 0 Å². The van der Waals surface area contributed by atoms with Gasteiger partial charge in [0.05, 0.1) is 8.07 Å². The van der Waals surface area contributed by atoms with Crippen LogP contribution in [0.25, 0.3) is 0 Å². The van der Waals surface area contributed by atoms with E-state index in [-0.39, 0.29) is 0 Å². The van der Waals surface area contributed by atoms with Gasteiger partial charge in [0, 0.05) is 0 Å². The maximum atomic E-state index is 2.55. The highest BCUT2D eigenvalue weighted by molar-refractivity contribution is 6.90. The highest BCUT2D eigenvalue weighted by atomic mass is 28.3. The molecule has 1 rings (SSSR count). The second-order valence-corrected chi connectivity index (χ2v) is 12.0. The number of rotatable bonds is 8. The number of aryl methyl sites for hydroxylation is 3. The fraction of sp³-hybridized carbons (Fsp3) is 0.684. The molecule has 0 aliphatic heterocycles. The lowest BCUT2D eigenvalue weighted by molar-refractivity contribution is 0.623. The van der Waals surface area contributed by atoms with E-state index < -0.39 is 8.07 Å². The zero-order valence-corrected chi connectivity index (χ0v) is 15.6. The Balaban J connectivity index is 2.58. The van der Waals surface area contributed by atoms with Gasteiger partial charge in [0.25, 0.3) is 0 Å². The second kappa shape index (κ2) is 8.02. The van der Waals surface area contributed by atoms with Gasteiger partial charge in [0.1, 0.15) is 0 Å². The Labute approximate surface area is 128 Å². The lowest BCUT2D eigenvalue weighted by Crippen LogP contribution is -2.43. The summed E-state index contributed by atoms with van der Waals surface area (Å²) in [5.41, 5.74) is 4.43. The summed E-state index contributed by atoms with van der Waals surface area (Å²) in [6.07, 6.45) is 8.49. The number of hydrogen-bond donors (Lipinski definition) is 0. The summed E-state index contributed by atoms with van der Waals surface area (Å²) in [6, 6.07) is 6.32. The molecule has 0 amide bonds. The van der Waals surface area contributed by atoms with Gasteiger partial charge in [-0.2, -0.15) is 0 Å². The monoisotopic (exact) mass is 290 g/mol. The van der Waals surface area contributed by atoms with Crippen LogP contribution in [-0.4, -0.2) is 8.07 Å².